The summed E-state index contributed by atoms with van der Waals surface area (Å²) in [5.74, 6) is 0.619. The molecule has 90 valence electrons. The van der Waals surface area contributed by atoms with Crippen molar-refractivity contribution in [2.45, 2.75) is 6.54 Å². The SMILES string of the molecule is Nc1ncc(Cn2nnc(-c3ccccc3)n2)s1. The number of tetrazole rings is 1. The third-order valence-electron chi connectivity index (χ3n) is 2.35. The van der Waals surface area contributed by atoms with E-state index in [-0.39, 0.29) is 0 Å². The van der Waals surface area contributed by atoms with Gasteiger partial charge in [0, 0.05) is 16.6 Å². The molecular weight excluding hydrogens is 248 g/mol. The minimum Gasteiger partial charge on any atom is -0.375 e. The van der Waals surface area contributed by atoms with Crippen LogP contribution in [0.1, 0.15) is 4.88 Å². The third-order valence-corrected chi connectivity index (χ3v) is 3.16. The molecule has 1 aromatic carbocycles. The number of nitrogen functional groups attached to an aromatic ring is 1. The smallest absolute Gasteiger partial charge is 0.204 e. The Bertz CT molecular complexity index is 644. The van der Waals surface area contributed by atoms with E-state index >= 15 is 0 Å². The fraction of sp³-hybridized carbons (Fsp3) is 0.0909. The van der Waals surface area contributed by atoms with Crippen LogP contribution in [0, 0.1) is 0 Å². The molecule has 0 amide bonds. The molecule has 0 saturated heterocycles. The average molecular weight is 258 g/mol. The molecule has 3 aromatic rings. The van der Waals surface area contributed by atoms with E-state index in [4.69, 9.17) is 5.73 Å². The van der Waals surface area contributed by atoms with Gasteiger partial charge in [-0.15, -0.1) is 21.5 Å². The largest absolute Gasteiger partial charge is 0.375 e. The summed E-state index contributed by atoms with van der Waals surface area (Å²) in [6.07, 6.45) is 1.73. The van der Waals surface area contributed by atoms with Gasteiger partial charge in [0.1, 0.15) is 0 Å². The molecular formula is C11H10N6S. The second-order valence-electron chi connectivity index (χ2n) is 3.67. The fourth-order valence-electron chi connectivity index (χ4n) is 1.55. The van der Waals surface area contributed by atoms with Crippen molar-refractivity contribution in [2.75, 3.05) is 5.73 Å². The van der Waals surface area contributed by atoms with Crippen molar-refractivity contribution in [3.05, 3.63) is 41.4 Å². The van der Waals surface area contributed by atoms with E-state index in [1.165, 1.54) is 16.1 Å². The van der Waals surface area contributed by atoms with Crippen molar-refractivity contribution in [1.29, 1.82) is 0 Å². The maximum Gasteiger partial charge on any atom is 0.204 e. The van der Waals surface area contributed by atoms with Crippen LogP contribution in [-0.2, 0) is 6.54 Å². The topological polar surface area (TPSA) is 82.5 Å². The molecule has 0 spiro atoms. The molecule has 6 nitrogen and oxygen atoms in total. The molecule has 0 aliphatic carbocycles. The lowest BCUT2D eigenvalue weighted by Crippen LogP contribution is -2.02. The second-order valence-corrected chi connectivity index (χ2v) is 4.82. The Labute approximate surface area is 107 Å². The molecule has 2 N–H and O–H groups in total. The molecule has 3 rings (SSSR count). The van der Waals surface area contributed by atoms with Crippen LogP contribution in [0.4, 0.5) is 5.13 Å². The van der Waals surface area contributed by atoms with Crippen LogP contribution in [0.25, 0.3) is 11.4 Å². The summed E-state index contributed by atoms with van der Waals surface area (Å²) < 4.78 is 0. The molecule has 0 atom stereocenters. The first-order valence-corrected chi connectivity index (χ1v) is 6.16. The highest BCUT2D eigenvalue weighted by atomic mass is 32.1. The van der Waals surface area contributed by atoms with Crippen LogP contribution in [0.15, 0.2) is 36.5 Å². The number of nitrogens with two attached hydrogens (primary N) is 1. The van der Waals surface area contributed by atoms with Gasteiger partial charge in [0.05, 0.1) is 6.54 Å². The molecule has 2 heterocycles. The Morgan fingerprint density at radius 1 is 1.22 bits per heavy atom. The van der Waals surface area contributed by atoms with Crippen LogP contribution in [0.2, 0.25) is 0 Å². The maximum atomic E-state index is 5.57. The van der Waals surface area contributed by atoms with Gasteiger partial charge in [-0.3, -0.25) is 0 Å². The predicted octanol–water partition coefficient (Wildman–Crippen LogP) is 1.43. The Balaban J connectivity index is 1.82. The van der Waals surface area contributed by atoms with E-state index in [0.29, 0.717) is 17.5 Å². The van der Waals surface area contributed by atoms with E-state index in [0.717, 1.165) is 10.4 Å². The zero-order valence-electron chi connectivity index (χ0n) is 9.39. The lowest BCUT2D eigenvalue weighted by atomic mass is 10.2. The first kappa shape index (κ1) is 10.8. The Kier molecular flexibility index (Phi) is 2.73. The number of rotatable bonds is 3. The summed E-state index contributed by atoms with van der Waals surface area (Å²) >= 11 is 1.43. The van der Waals surface area contributed by atoms with Crippen LogP contribution < -0.4 is 5.73 Å². The summed E-state index contributed by atoms with van der Waals surface area (Å²) in [7, 11) is 0. The molecule has 0 unspecified atom stereocenters. The number of nitrogens with zero attached hydrogens (tertiary/aromatic N) is 5. The quantitative estimate of drug-likeness (QED) is 0.768. The molecule has 0 radical (unpaired) electrons. The van der Waals surface area contributed by atoms with Crippen molar-refractivity contribution < 1.29 is 0 Å². The van der Waals surface area contributed by atoms with Crippen molar-refractivity contribution in [3.63, 3.8) is 0 Å². The Morgan fingerprint density at radius 2 is 2.06 bits per heavy atom. The third kappa shape index (κ3) is 2.21. The molecule has 7 heteroatoms. The Hall–Kier alpha value is -2.28. The zero-order valence-corrected chi connectivity index (χ0v) is 10.2. The predicted molar refractivity (Wildman–Crippen MR) is 68.9 cm³/mol. The number of benzene rings is 1. The zero-order chi connectivity index (χ0) is 12.4. The first-order valence-electron chi connectivity index (χ1n) is 5.35. The highest BCUT2D eigenvalue weighted by Gasteiger charge is 2.06. The fourth-order valence-corrected chi connectivity index (χ4v) is 2.21. The molecule has 0 aliphatic rings. The second kappa shape index (κ2) is 4.53. The monoisotopic (exact) mass is 258 g/mol. The lowest BCUT2D eigenvalue weighted by Gasteiger charge is -1.93. The van der Waals surface area contributed by atoms with E-state index in [2.05, 4.69) is 20.4 Å². The van der Waals surface area contributed by atoms with Crippen molar-refractivity contribution >= 4 is 16.5 Å². The van der Waals surface area contributed by atoms with Crippen molar-refractivity contribution in [1.82, 2.24) is 25.2 Å². The summed E-state index contributed by atoms with van der Waals surface area (Å²) in [6, 6.07) is 9.74. The van der Waals surface area contributed by atoms with Crippen molar-refractivity contribution in [2.24, 2.45) is 0 Å². The highest BCUT2D eigenvalue weighted by Crippen LogP contribution is 2.16. The number of anilines is 1. The molecule has 18 heavy (non-hydrogen) atoms. The van der Waals surface area contributed by atoms with E-state index in [1.807, 2.05) is 30.3 Å². The summed E-state index contributed by atoms with van der Waals surface area (Å²) in [5, 5.41) is 12.9. The number of thiazole rings is 1. The molecule has 0 bridgehead atoms. The molecule has 2 aromatic heterocycles. The van der Waals surface area contributed by atoms with Crippen LogP contribution in [0.3, 0.4) is 0 Å². The van der Waals surface area contributed by atoms with Gasteiger partial charge in [0.15, 0.2) is 5.13 Å². The van der Waals surface area contributed by atoms with Crippen LogP contribution >= 0.6 is 11.3 Å². The standard InChI is InChI=1S/C11H10N6S/c12-11-13-6-9(18-11)7-17-15-10(14-16-17)8-4-2-1-3-5-8/h1-6H,7H2,(H2,12,13). The summed E-state index contributed by atoms with van der Waals surface area (Å²) in [5.41, 5.74) is 6.52. The number of hydrogen-bond donors (Lipinski definition) is 1. The van der Waals surface area contributed by atoms with Gasteiger partial charge in [-0.25, -0.2) is 4.98 Å². The van der Waals surface area contributed by atoms with E-state index in [1.54, 1.807) is 6.20 Å². The maximum absolute atomic E-state index is 5.57. The van der Waals surface area contributed by atoms with Gasteiger partial charge in [-0.05, 0) is 5.21 Å². The van der Waals surface area contributed by atoms with E-state index < -0.39 is 0 Å². The number of hydrogen-bond acceptors (Lipinski definition) is 6. The van der Waals surface area contributed by atoms with Crippen LogP contribution in [0.5, 0.6) is 0 Å². The molecule has 0 aliphatic heterocycles. The highest BCUT2D eigenvalue weighted by molar-refractivity contribution is 7.15. The average Bonchev–Trinajstić information content (AvgIpc) is 3.01. The van der Waals surface area contributed by atoms with Gasteiger partial charge in [-0.1, -0.05) is 30.3 Å². The summed E-state index contributed by atoms with van der Waals surface area (Å²) in [4.78, 5) is 6.53. The minimum absolute atomic E-state index is 0.536. The van der Waals surface area contributed by atoms with E-state index in [9.17, 15) is 0 Å². The molecule has 0 fully saturated rings. The van der Waals surface area contributed by atoms with Gasteiger partial charge < -0.3 is 5.73 Å². The van der Waals surface area contributed by atoms with Crippen molar-refractivity contribution in [3.8, 4) is 11.4 Å². The van der Waals surface area contributed by atoms with Crippen LogP contribution in [-0.4, -0.2) is 25.2 Å². The van der Waals surface area contributed by atoms with Gasteiger partial charge in [-0.2, -0.15) is 4.80 Å². The number of aromatic nitrogens is 5. The summed E-state index contributed by atoms with van der Waals surface area (Å²) in [6.45, 7) is 0.536. The molecule has 0 saturated carbocycles. The normalized spacial score (nSPS) is 10.7. The van der Waals surface area contributed by atoms with Gasteiger partial charge in [0.25, 0.3) is 0 Å². The minimum atomic E-state index is 0.536. The lowest BCUT2D eigenvalue weighted by molar-refractivity contribution is 0.577. The van der Waals surface area contributed by atoms with Gasteiger partial charge in [0.2, 0.25) is 5.82 Å². The Morgan fingerprint density at radius 3 is 2.78 bits per heavy atom. The first-order chi connectivity index (χ1) is 8.81. The van der Waals surface area contributed by atoms with Gasteiger partial charge >= 0.3 is 0 Å².